The zero-order valence-corrected chi connectivity index (χ0v) is 15.0. The molecular weight excluding hydrogens is 330 g/mol. The lowest BCUT2D eigenvalue weighted by molar-refractivity contribution is 0.0946. The minimum absolute atomic E-state index is 0.211. The second-order valence-corrected chi connectivity index (χ2v) is 5.90. The van der Waals surface area contributed by atoms with Crippen LogP contribution in [-0.2, 0) is 6.54 Å². The highest BCUT2D eigenvalue weighted by atomic mass is 16.5. The van der Waals surface area contributed by atoms with Gasteiger partial charge in [0.15, 0.2) is 0 Å². The molecule has 0 radical (unpaired) electrons. The Balaban J connectivity index is 1.73. The molecule has 0 spiro atoms. The van der Waals surface area contributed by atoms with E-state index in [1.54, 1.807) is 26.4 Å². The fourth-order valence-electron chi connectivity index (χ4n) is 2.57. The van der Waals surface area contributed by atoms with E-state index < -0.39 is 0 Å². The minimum Gasteiger partial charge on any atom is -0.497 e. The molecule has 2 N–H and O–H groups in total. The predicted octanol–water partition coefficient (Wildman–Crippen LogP) is 3.33. The van der Waals surface area contributed by atoms with Crippen LogP contribution in [0.25, 0.3) is 11.3 Å². The highest BCUT2D eigenvalue weighted by Crippen LogP contribution is 2.32. The van der Waals surface area contributed by atoms with Crippen LogP contribution in [0.15, 0.2) is 48.5 Å². The zero-order chi connectivity index (χ0) is 18.5. The highest BCUT2D eigenvalue weighted by molar-refractivity contribution is 5.93. The molecule has 3 aromatic rings. The first-order valence-corrected chi connectivity index (χ1v) is 8.22. The number of amides is 1. The number of H-pyrrole nitrogens is 1. The van der Waals surface area contributed by atoms with E-state index in [2.05, 4.69) is 15.5 Å². The number of aromatic amines is 1. The van der Waals surface area contributed by atoms with Crippen LogP contribution < -0.4 is 14.8 Å². The van der Waals surface area contributed by atoms with E-state index in [0.29, 0.717) is 29.4 Å². The van der Waals surface area contributed by atoms with Crippen molar-refractivity contribution in [2.45, 2.75) is 13.5 Å². The van der Waals surface area contributed by atoms with Crippen molar-refractivity contribution in [3.8, 4) is 22.8 Å². The van der Waals surface area contributed by atoms with E-state index in [9.17, 15) is 4.79 Å². The molecular formula is C20H21N3O3. The number of ether oxygens (including phenoxy) is 2. The second-order valence-electron chi connectivity index (χ2n) is 5.90. The van der Waals surface area contributed by atoms with E-state index in [-0.39, 0.29) is 5.91 Å². The predicted molar refractivity (Wildman–Crippen MR) is 99.5 cm³/mol. The molecule has 0 bridgehead atoms. The second kappa shape index (κ2) is 7.74. The first kappa shape index (κ1) is 17.5. The molecule has 6 nitrogen and oxygen atoms in total. The Morgan fingerprint density at radius 3 is 2.54 bits per heavy atom. The smallest absolute Gasteiger partial charge is 0.269 e. The van der Waals surface area contributed by atoms with Gasteiger partial charge >= 0.3 is 0 Å². The van der Waals surface area contributed by atoms with Gasteiger partial charge in [-0.15, -0.1) is 0 Å². The van der Waals surface area contributed by atoms with Crippen LogP contribution in [0, 0.1) is 6.92 Å². The summed E-state index contributed by atoms with van der Waals surface area (Å²) in [6, 6.07) is 15.2. The fraction of sp³-hybridized carbons (Fsp3) is 0.200. The molecule has 6 heteroatoms. The quantitative estimate of drug-likeness (QED) is 0.714. The molecule has 1 aromatic heterocycles. The number of benzene rings is 2. The van der Waals surface area contributed by atoms with Crippen LogP contribution in [-0.4, -0.2) is 30.3 Å². The number of methoxy groups -OCH3 is 2. The standard InChI is InChI=1S/C20H21N3O3/c1-13-4-6-14(7-5-13)12-21-20(24)18-11-17(22-23-18)16-9-8-15(25-2)10-19(16)26-3/h4-11H,12H2,1-3H3,(H,21,24)(H,22,23). The van der Waals surface area contributed by atoms with Gasteiger partial charge in [0.05, 0.1) is 19.9 Å². The van der Waals surface area contributed by atoms with Gasteiger partial charge in [-0.2, -0.15) is 5.10 Å². The van der Waals surface area contributed by atoms with Gasteiger partial charge in [0.2, 0.25) is 0 Å². The van der Waals surface area contributed by atoms with Gasteiger partial charge in [0, 0.05) is 18.2 Å². The molecule has 0 aliphatic heterocycles. The normalized spacial score (nSPS) is 10.4. The van der Waals surface area contributed by atoms with Gasteiger partial charge < -0.3 is 14.8 Å². The third-order valence-corrected chi connectivity index (χ3v) is 4.08. The van der Waals surface area contributed by atoms with E-state index in [0.717, 1.165) is 11.1 Å². The molecule has 134 valence electrons. The summed E-state index contributed by atoms with van der Waals surface area (Å²) in [5, 5.41) is 9.90. The molecule has 0 unspecified atom stereocenters. The van der Waals surface area contributed by atoms with Crippen molar-refractivity contribution in [2.75, 3.05) is 14.2 Å². The monoisotopic (exact) mass is 351 g/mol. The molecule has 2 aromatic carbocycles. The number of aromatic nitrogens is 2. The van der Waals surface area contributed by atoms with E-state index in [1.165, 1.54) is 5.56 Å². The molecule has 0 fully saturated rings. The number of hydrogen-bond acceptors (Lipinski definition) is 4. The Labute approximate surface area is 152 Å². The summed E-state index contributed by atoms with van der Waals surface area (Å²) in [5.74, 6) is 1.11. The maximum absolute atomic E-state index is 12.4. The molecule has 0 aliphatic carbocycles. The Morgan fingerprint density at radius 1 is 1.08 bits per heavy atom. The van der Waals surface area contributed by atoms with Gasteiger partial charge in [-0.25, -0.2) is 0 Å². The van der Waals surface area contributed by atoms with Crippen molar-refractivity contribution in [3.63, 3.8) is 0 Å². The number of nitrogens with one attached hydrogen (secondary N) is 2. The molecule has 1 heterocycles. The van der Waals surface area contributed by atoms with Gasteiger partial charge in [-0.3, -0.25) is 9.89 Å². The number of carbonyl (C=O) groups excluding carboxylic acids is 1. The zero-order valence-electron chi connectivity index (χ0n) is 15.0. The minimum atomic E-state index is -0.211. The molecule has 0 atom stereocenters. The summed E-state index contributed by atoms with van der Waals surface area (Å²) < 4.78 is 10.6. The summed E-state index contributed by atoms with van der Waals surface area (Å²) in [6.07, 6.45) is 0. The number of rotatable bonds is 6. The molecule has 0 saturated heterocycles. The Morgan fingerprint density at radius 2 is 1.85 bits per heavy atom. The van der Waals surface area contributed by atoms with Crippen LogP contribution in [0.2, 0.25) is 0 Å². The van der Waals surface area contributed by atoms with Crippen LogP contribution >= 0.6 is 0 Å². The lowest BCUT2D eigenvalue weighted by Gasteiger charge is -2.08. The van der Waals surface area contributed by atoms with Crippen molar-refractivity contribution in [3.05, 3.63) is 65.4 Å². The van der Waals surface area contributed by atoms with Crippen LogP contribution in [0.1, 0.15) is 21.6 Å². The van der Waals surface area contributed by atoms with Crippen molar-refractivity contribution >= 4 is 5.91 Å². The maximum atomic E-state index is 12.4. The number of hydrogen-bond donors (Lipinski definition) is 2. The van der Waals surface area contributed by atoms with Crippen molar-refractivity contribution in [1.82, 2.24) is 15.5 Å². The number of aryl methyl sites for hydroxylation is 1. The highest BCUT2D eigenvalue weighted by Gasteiger charge is 2.14. The van der Waals surface area contributed by atoms with Crippen molar-refractivity contribution in [2.24, 2.45) is 0 Å². The molecule has 3 rings (SSSR count). The molecule has 0 saturated carbocycles. The van der Waals surface area contributed by atoms with Crippen molar-refractivity contribution in [1.29, 1.82) is 0 Å². The largest absolute Gasteiger partial charge is 0.497 e. The first-order valence-electron chi connectivity index (χ1n) is 8.22. The van der Waals surface area contributed by atoms with Gasteiger partial charge in [0.1, 0.15) is 17.2 Å². The molecule has 1 amide bonds. The lowest BCUT2D eigenvalue weighted by Crippen LogP contribution is -2.23. The van der Waals surface area contributed by atoms with Gasteiger partial charge in [0.25, 0.3) is 5.91 Å². The summed E-state index contributed by atoms with van der Waals surface area (Å²) in [5.41, 5.74) is 4.03. The first-order chi connectivity index (χ1) is 12.6. The van der Waals surface area contributed by atoms with Crippen LogP contribution in [0.5, 0.6) is 11.5 Å². The summed E-state index contributed by atoms with van der Waals surface area (Å²) in [7, 11) is 3.18. The Kier molecular flexibility index (Phi) is 5.22. The third kappa shape index (κ3) is 3.85. The van der Waals surface area contributed by atoms with E-state index in [1.807, 2.05) is 43.3 Å². The van der Waals surface area contributed by atoms with E-state index in [4.69, 9.17) is 9.47 Å². The SMILES string of the molecule is COc1ccc(-c2cc(C(=O)NCc3ccc(C)cc3)[nH]n2)c(OC)c1. The Hall–Kier alpha value is -3.28. The maximum Gasteiger partial charge on any atom is 0.269 e. The Bertz CT molecular complexity index is 901. The van der Waals surface area contributed by atoms with Crippen molar-refractivity contribution < 1.29 is 14.3 Å². The van der Waals surface area contributed by atoms with Crippen LogP contribution in [0.4, 0.5) is 0 Å². The molecule has 26 heavy (non-hydrogen) atoms. The topological polar surface area (TPSA) is 76.2 Å². The van der Waals surface area contributed by atoms with Gasteiger partial charge in [-0.1, -0.05) is 29.8 Å². The fourth-order valence-corrected chi connectivity index (χ4v) is 2.57. The lowest BCUT2D eigenvalue weighted by atomic mass is 10.1. The van der Waals surface area contributed by atoms with Gasteiger partial charge in [-0.05, 0) is 30.7 Å². The number of carbonyl (C=O) groups is 1. The van der Waals surface area contributed by atoms with Crippen LogP contribution in [0.3, 0.4) is 0 Å². The third-order valence-electron chi connectivity index (χ3n) is 4.08. The summed E-state index contributed by atoms with van der Waals surface area (Å²) in [6.45, 7) is 2.49. The van der Waals surface area contributed by atoms with E-state index >= 15 is 0 Å². The average Bonchev–Trinajstić information content (AvgIpc) is 3.16. The number of nitrogens with zero attached hydrogens (tertiary/aromatic N) is 1. The summed E-state index contributed by atoms with van der Waals surface area (Å²) in [4.78, 5) is 12.4. The average molecular weight is 351 g/mol. The molecule has 0 aliphatic rings. The summed E-state index contributed by atoms with van der Waals surface area (Å²) >= 11 is 0.